The van der Waals surface area contributed by atoms with E-state index in [9.17, 15) is 4.79 Å². The number of benzene rings is 1. The van der Waals surface area contributed by atoms with Crippen LogP contribution in [0.5, 0.6) is 0 Å². The second kappa shape index (κ2) is 8.73. The van der Waals surface area contributed by atoms with Crippen LogP contribution in [-0.2, 0) is 6.54 Å². The number of aromatic nitrogens is 2. The van der Waals surface area contributed by atoms with Gasteiger partial charge < -0.3 is 15.2 Å². The van der Waals surface area contributed by atoms with Crippen LogP contribution < -0.4 is 10.6 Å². The van der Waals surface area contributed by atoms with Gasteiger partial charge in [-0.1, -0.05) is 25.4 Å². The summed E-state index contributed by atoms with van der Waals surface area (Å²) in [6.07, 6.45) is 6.25. The van der Waals surface area contributed by atoms with Crippen LogP contribution in [-0.4, -0.2) is 28.0 Å². The summed E-state index contributed by atoms with van der Waals surface area (Å²) < 4.78 is 1.98. The van der Waals surface area contributed by atoms with Gasteiger partial charge in [-0.05, 0) is 37.5 Å². The molecule has 0 aliphatic heterocycles. The summed E-state index contributed by atoms with van der Waals surface area (Å²) in [5, 5.41) is 6.78. The minimum atomic E-state index is -0.147. The van der Waals surface area contributed by atoms with Crippen molar-refractivity contribution in [3.8, 4) is 0 Å². The van der Waals surface area contributed by atoms with E-state index in [1.807, 2.05) is 22.9 Å². The highest BCUT2D eigenvalue weighted by Crippen LogP contribution is 2.22. The van der Waals surface area contributed by atoms with E-state index in [0.29, 0.717) is 29.1 Å². The fraction of sp³-hybridized carbons (Fsp3) is 0.444. The van der Waals surface area contributed by atoms with E-state index < -0.39 is 0 Å². The topological polar surface area (TPSA) is 59.0 Å². The molecule has 0 bridgehead atoms. The van der Waals surface area contributed by atoms with E-state index in [4.69, 9.17) is 11.6 Å². The summed E-state index contributed by atoms with van der Waals surface area (Å²) >= 11 is 6.18. The molecule has 1 aromatic heterocycles. The predicted octanol–water partition coefficient (Wildman–Crippen LogP) is 3.81. The number of nitrogens with one attached hydrogen (secondary N) is 2. The van der Waals surface area contributed by atoms with Crippen molar-refractivity contribution < 1.29 is 4.79 Å². The van der Waals surface area contributed by atoms with Gasteiger partial charge in [-0.15, -0.1) is 0 Å². The molecular weight excluding hydrogens is 324 g/mol. The Hall–Kier alpha value is -2.01. The van der Waals surface area contributed by atoms with Crippen molar-refractivity contribution in [3.63, 3.8) is 0 Å². The van der Waals surface area contributed by atoms with E-state index in [-0.39, 0.29) is 5.91 Å². The SMILES string of the molecule is CC(C)[C@@H](C)Nc1ccc(Cl)c(C(=O)NCCCn2ccnc2)c1. The fourth-order valence-electron chi connectivity index (χ4n) is 2.20. The molecule has 0 aliphatic rings. The molecule has 5 nitrogen and oxygen atoms in total. The van der Waals surface area contributed by atoms with Gasteiger partial charge >= 0.3 is 0 Å². The van der Waals surface area contributed by atoms with Gasteiger partial charge in [-0.2, -0.15) is 0 Å². The zero-order valence-corrected chi connectivity index (χ0v) is 15.2. The summed E-state index contributed by atoms with van der Waals surface area (Å²) in [5.41, 5.74) is 1.41. The number of imidazole rings is 1. The number of rotatable bonds is 8. The quantitative estimate of drug-likeness (QED) is 0.713. The first-order chi connectivity index (χ1) is 11.5. The summed E-state index contributed by atoms with van der Waals surface area (Å²) in [7, 11) is 0. The molecule has 0 unspecified atom stereocenters. The van der Waals surface area contributed by atoms with Crippen LogP contribution in [0.1, 0.15) is 37.6 Å². The molecule has 2 aromatic rings. The molecule has 1 heterocycles. The van der Waals surface area contributed by atoms with Crippen molar-refractivity contribution in [2.45, 2.75) is 39.8 Å². The van der Waals surface area contributed by atoms with E-state index >= 15 is 0 Å². The molecule has 1 atom stereocenters. The first-order valence-electron chi connectivity index (χ1n) is 8.27. The Kier molecular flexibility index (Phi) is 6.67. The number of hydrogen-bond donors (Lipinski definition) is 2. The molecule has 24 heavy (non-hydrogen) atoms. The molecule has 6 heteroatoms. The Balaban J connectivity index is 1.90. The maximum absolute atomic E-state index is 12.4. The summed E-state index contributed by atoms with van der Waals surface area (Å²) in [6, 6.07) is 5.79. The van der Waals surface area contributed by atoms with Crippen molar-refractivity contribution in [2.75, 3.05) is 11.9 Å². The monoisotopic (exact) mass is 348 g/mol. The Labute approximate surface area is 148 Å². The average Bonchev–Trinajstić information content (AvgIpc) is 3.06. The molecule has 2 N–H and O–H groups in total. The minimum absolute atomic E-state index is 0.147. The first-order valence-corrected chi connectivity index (χ1v) is 8.65. The van der Waals surface area contributed by atoms with Gasteiger partial charge in [0.2, 0.25) is 0 Å². The third-order valence-corrected chi connectivity index (χ3v) is 4.37. The molecule has 0 saturated heterocycles. The largest absolute Gasteiger partial charge is 0.382 e. The van der Waals surface area contributed by atoms with Crippen molar-refractivity contribution in [2.24, 2.45) is 5.92 Å². The number of aryl methyl sites for hydroxylation is 1. The number of halogens is 1. The van der Waals surface area contributed by atoms with E-state index in [2.05, 4.69) is 36.4 Å². The maximum atomic E-state index is 12.4. The zero-order chi connectivity index (χ0) is 17.5. The third-order valence-electron chi connectivity index (χ3n) is 4.04. The molecule has 1 amide bonds. The van der Waals surface area contributed by atoms with Gasteiger partial charge in [0.15, 0.2) is 0 Å². The lowest BCUT2D eigenvalue weighted by atomic mass is 10.1. The smallest absolute Gasteiger partial charge is 0.252 e. The average molecular weight is 349 g/mol. The van der Waals surface area contributed by atoms with E-state index in [1.165, 1.54) is 0 Å². The van der Waals surface area contributed by atoms with Gasteiger partial charge in [0.1, 0.15) is 0 Å². The van der Waals surface area contributed by atoms with E-state index in [1.54, 1.807) is 18.6 Å². The second-order valence-electron chi connectivity index (χ2n) is 6.28. The second-order valence-corrected chi connectivity index (χ2v) is 6.69. The van der Waals surface area contributed by atoms with Gasteiger partial charge in [0.25, 0.3) is 5.91 Å². The number of nitrogens with zero attached hydrogens (tertiary/aromatic N) is 2. The summed E-state index contributed by atoms with van der Waals surface area (Å²) in [4.78, 5) is 16.3. The Morgan fingerprint density at radius 3 is 2.79 bits per heavy atom. The molecule has 1 aromatic carbocycles. The zero-order valence-electron chi connectivity index (χ0n) is 14.4. The lowest BCUT2D eigenvalue weighted by molar-refractivity contribution is 0.0953. The van der Waals surface area contributed by atoms with Gasteiger partial charge in [-0.25, -0.2) is 4.98 Å². The van der Waals surface area contributed by atoms with Crippen LogP contribution in [0.2, 0.25) is 5.02 Å². The molecule has 2 rings (SSSR count). The normalized spacial score (nSPS) is 12.2. The number of amides is 1. The summed E-state index contributed by atoms with van der Waals surface area (Å²) in [5.74, 6) is 0.354. The highest BCUT2D eigenvalue weighted by molar-refractivity contribution is 6.34. The van der Waals surface area contributed by atoms with Crippen LogP contribution in [0.4, 0.5) is 5.69 Å². The highest BCUT2D eigenvalue weighted by atomic mass is 35.5. The molecule has 0 spiro atoms. The van der Waals surface area contributed by atoms with Crippen LogP contribution in [0, 0.1) is 5.92 Å². The van der Waals surface area contributed by atoms with Crippen LogP contribution in [0.25, 0.3) is 0 Å². The maximum Gasteiger partial charge on any atom is 0.252 e. The lowest BCUT2D eigenvalue weighted by Crippen LogP contribution is -2.26. The third kappa shape index (κ3) is 5.27. The van der Waals surface area contributed by atoms with Crippen molar-refractivity contribution >= 4 is 23.2 Å². The van der Waals surface area contributed by atoms with Crippen molar-refractivity contribution in [3.05, 3.63) is 47.5 Å². The molecule has 0 fully saturated rings. The number of carbonyl (C=O) groups is 1. The summed E-state index contributed by atoms with van der Waals surface area (Å²) in [6.45, 7) is 7.84. The van der Waals surface area contributed by atoms with Gasteiger partial charge in [0, 0.05) is 37.2 Å². The Morgan fingerprint density at radius 1 is 1.33 bits per heavy atom. The fourth-order valence-corrected chi connectivity index (χ4v) is 2.40. The van der Waals surface area contributed by atoms with Crippen LogP contribution in [0.3, 0.4) is 0 Å². The minimum Gasteiger partial charge on any atom is -0.382 e. The Morgan fingerprint density at radius 2 is 2.12 bits per heavy atom. The molecule has 0 saturated carbocycles. The van der Waals surface area contributed by atoms with Crippen LogP contribution in [0.15, 0.2) is 36.9 Å². The standard InChI is InChI=1S/C18H25ClN4O/c1-13(2)14(3)22-15-5-6-17(19)16(11-15)18(24)21-7-4-9-23-10-8-20-12-23/h5-6,8,10-14,22H,4,7,9H2,1-3H3,(H,21,24)/t14-/m1/s1. The van der Waals surface area contributed by atoms with Gasteiger partial charge in [-0.3, -0.25) is 4.79 Å². The van der Waals surface area contributed by atoms with Crippen molar-refractivity contribution in [1.82, 2.24) is 14.9 Å². The van der Waals surface area contributed by atoms with E-state index in [0.717, 1.165) is 18.7 Å². The van der Waals surface area contributed by atoms with Crippen LogP contribution >= 0.6 is 11.6 Å². The van der Waals surface area contributed by atoms with Gasteiger partial charge in [0.05, 0.1) is 16.9 Å². The first kappa shape index (κ1) is 18.3. The predicted molar refractivity (Wildman–Crippen MR) is 98.6 cm³/mol. The molecular formula is C18H25ClN4O. The molecule has 0 aliphatic carbocycles. The Bertz CT molecular complexity index is 655. The number of anilines is 1. The highest BCUT2D eigenvalue weighted by Gasteiger charge is 2.13. The molecule has 0 radical (unpaired) electrons. The number of carbonyl (C=O) groups excluding carboxylic acids is 1. The van der Waals surface area contributed by atoms with Crippen molar-refractivity contribution in [1.29, 1.82) is 0 Å². The lowest BCUT2D eigenvalue weighted by Gasteiger charge is -2.19. The number of hydrogen-bond acceptors (Lipinski definition) is 3. The molecule has 130 valence electrons.